The van der Waals surface area contributed by atoms with Crippen molar-refractivity contribution in [3.63, 3.8) is 0 Å². The van der Waals surface area contributed by atoms with Gasteiger partial charge in [0.2, 0.25) is 12.3 Å². The molecular weight excluding hydrogens is 714 g/mol. The van der Waals surface area contributed by atoms with Gasteiger partial charge in [-0.2, -0.15) is 5.10 Å². The Hall–Kier alpha value is -4.34. The maximum atomic E-state index is 15.0. The van der Waals surface area contributed by atoms with E-state index in [4.69, 9.17) is 4.74 Å². The number of hydrogen-bond acceptors (Lipinski definition) is 9. The third kappa shape index (κ3) is 8.32. The molecule has 4 amide bonds. The summed E-state index contributed by atoms with van der Waals surface area (Å²) in [5.41, 5.74) is 0.363. The van der Waals surface area contributed by atoms with Gasteiger partial charge in [-0.3, -0.25) is 28.7 Å². The lowest BCUT2D eigenvalue weighted by atomic mass is 9.72. The number of aromatic nitrogens is 2. The minimum absolute atomic E-state index is 0.0354. The van der Waals surface area contributed by atoms with Crippen LogP contribution in [0.1, 0.15) is 79.4 Å². The fourth-order valence-corrected chi connectivity index (χ4v) is 9.47. The Labute approximate surface area is 317 Å². The van der Waals surface area contributed by atoms with Gasteiger partial charge in [-0.1, -0.05) is 43.5 Å². The topological polar surface area (TPSA) is 166 Å². The van der Waals surface area contributed by atoms with Crippen molar-refractivity contribution in [3.8, 4) is 0 Å². The number of hydrogen-bond donors (Lipinski definition) is 4. The highest BCUT2D eigenvalue weighted by molar-refractivity contribution is 7.98. The smallest absolute Gasteiger partial charge is 0.272 e. The molecule has 2 saturated carbocycles. The Balaban J connectivity index is 0.857. The second-order valence-electron chi connectivity index (χ2n) is 15.2. The number of amides is 4. The molecule has 3 saturated heterocycles. The molecule has 2 aromatic carbocycles. The van der Waals surface area contributed by atoms with Crippen molar-refractivity contribution >= 4 is 46.9 Å². The first-order valence-electron chi connectivity index (χ1n) is 19.0. The average Bonchev–Trinajstić information content (AvgIpc) is 3.21. The molecule has 15 heteroatoms. The molecule has 5 aliphatic rings. The summed E-state index contributed by atoms with van der Waals surface area (Å²) in [5, 5.41) is 14.2. The lowest BCUT2D eigenvalue weighted by molar-refractivity contribution is -0.151. The van der Waals surface area contributed by atoms with E-state index in [2.05, 4.69) is 25.6 Å². The highest BCUT2D eigenvalue weighted by atomic mass is 32.2. The molecular formula is C39H48FN7O6S. The summed E-state index contributed by atoms with van der Waals surface area (Å²) in [4.78, 5) is 66.5. The maximum absolute atomic E-state index is 15.0. The predicted octanol–water partition coefficient (Wildman–Crippen LogP) is 3.07. The van der Waals surface area contributed by atoms with Crippen LogP contribution in [0.25, 0.3) is 10.8 Å². The van der Waals surface area contributed by atoms with Crippen LogP contribution in [-0.2, 0) is 25.5 Å². The fraction of sp³-hybridized carbons (Fsp3) is 0.538. The number of ether oxygens (including phenoxy) is 1. The number of nitrogens with zero attached hydrogens (tertiary/aromatic N) is 3. The van der Waals surface area contributed by atoms with E-state index >= 15 is 0 Å². The largest absolute Gasteiger partial charge is 0.372 e. The van der Waals surface area contributed by atoms with Gasteiger partial charge < -0.3 is 25.2 Å². The van der Waals surface area contributed by atoms with Crippen LogP contribution >= 0.6 is 11.9 Å². The van der Waals surface area contributed by atoms with Gasteiger partial charge in [0.1, 0.15) is 11.9 Å². The van der Waals surface area contributed by atoms with E-state index in [0.29, 0.717) is 60.3 Å². The molecule has 4 heterocycles. The Bertz CT molecular complexity index is 1900. The van der Waals surface area contributed by atoms with E-state index in [1.54, 1.807) is 34.1 Å². The molecule has 2 aliphatic carbocycles. The lowest BCUT2D eigenvalue weighted by Gasteiger charge is -2.53. The summed E-state index contributed by atoms with van der Waals surface area (Å²) >= 11 is 1.35. The molecule has 4 N–H and O–H groups in total. The number of aromatic amines is 1. The van der Waals surface area contributed by atoms with Crippen molar-refractivity contribution in [2.75, 3.05) is 45.1 Å². The molecule has 3 aliphatic heterocycles. The summed E-state index contributed by atoms with van der Waals surface area (Å²) < 4.78 is 24.3. The Morgan fingerprint density at radius 2 is 1.72 bits per heavy atom. The van der Waals surface area contributed by atoms with E-state index in [-0.39, 0.29) is 59.6 Å². The molecule has 1 unspecified atom stereocenters. The van der Waals surface area contributed by atoms with Crippen LogP contribution in [-0.4, -0.2) is 106 Å². The van der Waals surface area contributed by atoms with Crippen molar-refractivity contribution in [2.24, 2.45) is 5.92 Å². The van der Waals surface area contributed by atoms with Gasteiger partial charge >= 0.3 is 0 Å². The zero-order chi connectivity index (χ0) is 37.7. The number of H-pyrrole nitrogens is 1. The third-order valence-corrected chi connectivity index (χ3v) is 12.9. The molecule has 288 valence electrons. The van der Waals surface area contributed by atoms with Crippen LogP contribution in [0.4, 0.5) is 4.39 Å². The monoisotopic (exact) mass is 761 g/mol. The van der Waals surface area contributed by atoms with E-state index in [1.807, 2.05) is 12.1 Å². The van der Waals surface area contributed by atoms with E-state index in [0.717, 1.165) is 51.4 Å². The van der Waals surface area contributed by atoms with Crippen molar-refractivity contribution in [1.82, 2.24) is 35.4 Å². The van der Waals surface area contributed by atoms with Crippen molar-refractivity contribution in [1.29, 1.82) is 0 Å². The second-order valence-corrected chi connectivity index (χ2v) is 16.0. The molecule has 1 aromatic heterocycles. The first-order chi connectivity index (χ1) is 26.2. The second kappa shape index (κ2) is 16.6. The molecule has 54 heavy (non-hydrogen) atoms. The highest BCUT2D eigenvalue weighted by Crippen LogP contribution is 2.45. The summed E-state index contributed by atoms with van der Waals surface area (Å²) in [7, 11) is 0. The quantitative estimate of drug-likeness (QED) is 0.151. The summed E-state index contributed by atoms with van der Waals surface area (Å²) in [6.07, 6.45) is 9.48. The summed E-state index contributed by atoms with van der Waals surface area (Å²) in [5.74, 6) is -0.473. The predicted molar refractivity (Wildman–Crippen MR) is 202 cm³/mol. The first-order valence-corrected chi connectivity index (χ1v) is 20.0. The van der Waals surface area contributed by atoms with E-state index in [1.165, 1.54) is 24.4 Å². The maximum Gasteiger partial charge on any atom is 0.272 e. The van der Waals surface area contributed by atoms with Gasteiger partial charge in [-0.05, 0) is 80.2 Å². The molecule has 0 spiro atoms. The Morgan fingerprint density at radius 1 is 1.00 bits per heavy atom. The average molecular weight is 762 g/mol. The van der Waals surface area contributed by atoms with Gasteiger partial charge in [-0.25, -0.2) is 9.49 Å². The van der Waals surface area contributed by atoms with Crippen LogP contribution in [0, 0.1) is 11.7 Å². The minimum atomic E-state index is -0.616. The van der Waals surface area contributed by atoms with Crippen molar-refractivity contribution < 1.29 is 28.3 Å². The van der Waals surface area contributed by atoms with Crippen LogP contribution in [0.5, 0.6) is 0 Å². The number of piperazine rings is 1. The zero-order valence-electron chi connectivity index (χ0n) is 30.4. The van der Waals surface area contributed by atoms with Crippen molar-refractivity contribution in [3.05, 3.63) is 75.5 Å². The molecule has 5 fully saturated rings. The van der Waals surface area contributed by atoms with Crippen LogP contribution in [0.2, 0.25) is 0 Å². The standard InChI is InChI=1S/C39H48FN7O6S/c40-31-11-10-26(21-32-28-8-4-5-9-29(28)35(50)44-43-32)20-30(31)37(52)47-18-16-46(17-19-47)33(49)22-42-38-12-14-39(15-13-38,53-23-38)24-54-45-36(51)34(41-25-48)27-6-2-1-3-7-27/h4-5,8-11,20,25,27,34,42H,1-3,6-7,12-19,21-24H2,(H,41,48)(H,44,50)(H,45,51). The molecule has 13 nitrogen and oxygen atoms in total. The SMILES string of the molecule is O=CNC(C(=O)NSCC12CCC(NCC(=O)N3CCN(C(=O)c4cc(Cc5n[nH]c(=O)c6ccccc56)ccc4F)CC3)(CC1)CO2)C1CCCCC1. The van der Waals surface area contributed by atoms with E-state index < -0.39 is 17.8 Å². The van der Waals surface area contributed by atoms with E-state index in [9.17, 15) is 28.4 Å². The number of carbonyl (C=O) groups excluding carboxylic acids is 4. The number of rotatable bonds is 13. The highest BCUT2D eigenvalue weighted by Gasteiger charge is 2.50. The minimum Gasteiger partial charge on any atom is -0.372 e. The number of benzene rings is 2. The van der Waals surface area contributed by atoms with Crippen LogP contribution in [0.3, 0.4) is 0 Å². The van der Waals surface area contributed by atoms with Crippen LogP contribution < -0.4 is 20.9 Å². The van der Waals surface area contributed by atoms with Gasteiger partial charge in [0.05, 0.1) is 35.4 Å². The van der Waals surface area contributed by atoms with Gasteiger partial charge in [0.15, 0.2) is 0 Å². The Morgan fingerprint density at radius 3 is 2.43 bits per heavy atom. The number of carbonyl (C=O) groups is 4. The molecule has 3 aromatic rings. The van der Waals surface area contributed by atoms with Gasteiger partial charge in [-0.15, -0.1) is 0 Å². The Kier molecular flexibility index (Phi) is 11.7. The zero-order valence-corrected chi connectivity index (χ0v) is 31.2. The molecule has 1 atom stereocenters. The lowest BCUT2D eigenvalue weighted by Crippen LogP contribution is -2.64. The number of nitrogens with one attached hydrogen (secondary N) is 4. The summed E-state index contributed by atoms with van der Waals surface area (Å²) in [6.45, 7) is 1.91. The summed E-state index contributed by atoms with van der Waals surface area (Å²) in [6, 6.07) is 11.1. The third-order valence-electron chi connectivity index (χ3n) is 11.9. The molecule has 2 bridgehead atoms. The first kappa shape index (κ1) is 38.0. The number of fused-ring (bicyclic) bond motifs is 4. The molecule has 8 rings (SSSR count). The van der Waals surface area contributed by atoms with Crippen LogP contribution in [0.15, 0.2) is 47.3 Å². The van der Waals surface area contributed by atoms with Gasteiger partial charge in [0.25, 0.3) is 17.4 Å². The fourth-order valence-electron chi connectivity index (χ4n) is 8.50. The molecule has 0 radical (unpaired) electrons. The van der Waals surface area contributed by atoms with Crippen molar-refractivity contribution in [2.45, 2.75) is 81.4 Å². The number of halogens is 1. The normalized spacial score (nSPS) is 23.6. The van der Waals surface area contributed by atoms with Gasteiger partial charge in [0, 0.05) is 49.3 Å².